The van der Waals surface area contributed by atoms with Crippen LogP contribution in [-0.4, -0.2) is 36.5 Å². The highest BCUT2D eigenvalue weighted by Crippen LogP contribution is 2.04. The van der Waals surface area contributed by atoms with Gasteiger partial charge in [0.15, 0.2) is 0 Å². The molecule has 12 heavy (non-hydrogen) atoms. The Morgan fingerprint density at radius 2 is 2.17 bits per heavy atom. The molecule has 0 radical (unpaired) electrons. The van der Waals surface area contributed by atoms with Crippen LogP contribution in [0.2, 0.25) is 0 Å². The number of rotatable bonds is 2. The van der Waals surface area contributed by atoms with Crippen LogP contribution < -0.4 is 0 Å². The van der Waals surface area contributed by atoms with Gasteiger partial charge in [-0.3, -0.25) is 4.79 Å². The zero-order valence-electron chi connectivity index (χ0n) is 7.37. The first-order valence-corrected chi connectivity index (χ1v) is 4.07. The molecule has 1 aliphatic heterocycles. The summed E-state index contributed by atoms with van der Waals surface area (Å²) in [5.74, 6) is -0.836. The van der Waals surface area contributed by atoms with Crippen molar-refractivity contribution < 1.29 is 14.3 Å². The molecular weight excluding hydrogens is 158 g/mol. The summed E-state index contributed by atoms with van der Waals surface area (Å²) in [6.45, 7) is 5.51. The molecular formula is C8H13NO3. The molecule has 4 heteroatoms. The van der Waals surface area contributed by atoms with E-state index in [-0.39, 0.29) is 0 Å². The van der Waals surface area contributed by atoms with Gasteiger partial charge in [-0.15, -0.1) is 0 Å². The average molecular weight is 171 g/mol. The Hall–Kier alpha value is -1.06. The van der Waals surface area contributed by atoms with Crippen molar-refractivity contribution in [2.75, 3.05) is 19.7 Å². The molecule has 1 aliphatic rings. The van der Waals surface area contributed by atoms with Crippen molar-refractivity contribution in [3.05, 3.63) is 0 Å². The molecule has 0 saturated carbocycles. The standard InChI is InChI=1S/C8H13NO3/c1-6(2)5-9-3-4-12-8(11)7(9)10/h6H,3-5H2,1-2H3. The van der Waals surface area contributed by atoms with Crippen LogP contribution in [0.5, 0.6) is 0 Å². The topological polar surface area (TPSA) is 46.6 Å². The Kier molecular flexibility index (Phi) is 2.68. The molecule has 0 aromatic heterocycles. The van der Waals surface area contributed by atoms with Gasteiger partial charge in [-0.2, -0.15) is 0 Å². The van der Waals surface area contributed by atoms with E-state index in [0.717, 1.165) is 0 Å². The van der Waals surface area contributed by atoms with E-state index < -0.39 is 11.9 Å². The quantitative estimate of drug-likeness (QED) is 0.435. The van der Waals surface area contributed by atoms with Gasteiger partial charge in [-0.05, 0) is 5.92 Å². The second-order valence-corrected chi connectivity index (χ2v) is 3.28. The fourth-order valence-electron chi connectivity index (χ4n) is 1.16. The highest BCUT2D eigenvalue weighted by atomic mass is 16.5. The first kappa shape index (κ1) is 9.03. The predicted octanol–water partition coefficient (Wildman–Crippen LogP) is 0.0278. The Labute approximate surface area is 71.5 Å². The summed E-state index contributed by atoms with van der Waals surface area (Å²) in [5, 5.41) is 0. The van der Waals surface area contributed by atoms with Crippen molar-refractivity contribution >= 4 is 11.9 Å². The van der Waals surface area contributed by atoms with Gasteiger partial charge < -0.3 is 9.64 Å². The third kappa shape index (κ3) is 1.96. The van der Waals surface area contributed by atoms with Crippen molar-refractivity contribution in [2.45, 2.75) is 13.8 Å². The number of carbonyl (C=O) groups is 2. The maximum Gasteiger partial charge on any atom is 0.397 e. The minimum absolute atomic E-state index is 0.331. The van der Waals surface area contributed by atoms with Gasteiger partial charge in [-0.1, -0.05) is 13.8 Å². The summed E-state index contributed by atoms with van der Waals surface area (Å²) in [6, 6.07) is 0. The van der Waals surface area contributed by atoms with Crippen LogP contribution >= 0.6 is 0 Å². The fraction of sp³-hybridized carbons (Fsp3) is 0.750. The number of carbonyl (C=O) groups excluding carboxylic acids is 2. The van der Waals surface area contributed by atoms with Crippen LogP contribution in [0.4, 0.5) is 0 Å². The third-order valence-electron chi connectivity index (χ3n) is 1.64. The van der Waals surface area contributed by atoms with E-state index in [1.807, 2.05) is 13.8 Å². The number of hydrogen-bond donors (Lipinski definition) is 0. The molecule has 0 atom stereocenters. The normalized spacial score (nSPS) is 18.4. The molecule has 1 saturated heterocycles. The minimum Gasteiger partial charge on any atom is -0.457 e. The van der Waals surface area contributed by atoms with Gasteiger partial charge in [0.2, 0.25) is 0 Å². The third-order valence-corrected chi connectivity index (χ3v) is 1.64. The Morgan fingerprint density at radius 1 is 1.50 bits per heavy atom. The number of amides is 1. The molecule has 0 aliphatic carbocycles. The van der Waals surface area contributed by atoms with E-state index in [9.17, 15) is 9.59 Å². The van der Waals surface area contributed by atoms with E-state index in [1.165, 1.54) is 4.90 Å². The predicted molar refractivity (Wildman–Crippen MR) is 42.4 cm³/mol. The van der Waals surface area contributed by atoms with Gasteiger partial charge >= 0.3 is 11.9 Å². The van der Waals surface area contributed by atoms with Crippen molar-refractivity contribution in [3.8, 4) is 0 Å². The molecule has 1 rings (SSSR count). The second kappa shape index (κ2) is 3.56. The number of nitrogens with zero attached hydrogens (tertiary/aromatic N) is 1. The number of ether oxygens (including phenoxy) is 1. The summed E-state index contributed by atoms with van der Waals surface area (Å²) in [7, 11) is 0. The zero-order valence-corrected chi connectivity index (χ0v) is 7.37. The molecule has 0 spiro atoms. The average Bonchev–Trinajstić information content (AvgIpc) is 1.98. The van der Waals surface area contributed by atoms with Crippen molar-refractivity contribution in [1.29, 1.82) is 0 Å². The molecule has 0 N–H and O–H groups in total. The first-order chi connectivity index (χ1) is 5.61. The van der Waals surface area contributed by atoms with Crippen LogP contribution in [-0.2, 0) is 14.3 Å². The number of cyclic esters (lactones) is 1. The fourth-order valence-corrected chi connectivity index (χ4v) is 1.16. The summed E-state index contributed by atoms with van der Waals surface area (Å²) in [5.41, 5.74) is 0. The van der Waals surface area contributed by atoms with E-state index >= 15 is 0 Å². The van der Waals surface area contributed by atoms with Crippen molar-refractivity contribution in [1.82, 2.24) is 4.90 Å². The summed E-state index contributed by atoms with van der Waals surface area (Å²) in [4.78, 5) is 23.4. The van der Waals surface area contributed by atoms with Gasteiger partial charge in [0.05, 0.1) is 6.54 Å². The number of morpholine rings is 1. The second-order valence-electron chi connectivity index (χ2n) is 3.28. The number of hydrogen-bond acceptors (Lipinski definition) is 3. The van der Waals surface area contributed by atoms with Crippen molar-refractivity contribution in [2.24, 2.45) is 5.92 Å². The molecule has 68 valence electrons. The summed E-state index contributed by atoms with van der Waals surface area (Å²) < 4.78 is 4.57. The molecule has 4 nitrogen and oxygen atoms in total. The maximum atomic E-state index is 11.1. The monoisotopic (exact) mass is 171 g/mol. The Morgan fingerprint density at radius 3 is 2.75 bits per heavy atom. The van der Waals surface area contributed by atoms with E-state index in [2.05, 4.69) is 4.74 Å². The number of esters is 1. The van der Waals surface area contributed by atoms with Gasteiger partial charge in [0.1, 0.15) is 6.61 Å². The largest absolute Gasteiger partial charge is 0.457 e. The van der Waals surface area contributed by atoms with Crippen LogP contribution in [0.1, 0.15) is 13.8 Å². The lowest BCUT2D eigenvalue weighted by Crippen LogP contribution is -2.46. The summed E-state index contributed by atoms with van der Waals surface area (Å²) >= 11 is 0. The van der Waals surface area contributed by atoms with Crippen LogP contribution in [0, 0.1) is 5.92 Å². The molecule has 0 bridgehead atoms. The van der Waals surface area contributed by atoms with Gasteiger partial charge in [-0.25, -0.2) is 4.79 Å². The van der Waals surface area contributed by atoms with E-state index in [4.69, 9.17) is 0 Å². The Balaban J connectivity index is 2.52. The molecule has 0 unspecified atom stereocenters. The van der Waals surface area contributed by atoms with Crippen LogP contribution in [0.15, 0.2) is 0 Å². The lowest BCUT2D eigenvalue weighted by molar-refractivity contribution is -0.166. The molecule has 0 aromatic carbocycles. The molecule has 0 aromatic rings. The smallest absolute Gasteiger partial charge is 0.397 e. The first-order valence-electron chi connectivity index (χ1n) is 4.07. The molecule has 1 amide bonds. The maximum absolute atomic E-state index is 11.1. The van der Waals surface area contributed by atoms with E-state index in [0.29, 0.717) is 25.6 Å². The highest BCUT2D eigenvalue weighted by molar-refractivity contribution is 6.32. The minimum atomic E-state index is -0.720. The zero-order chi connectivity index (χ0) is 9.14. The SMILES string of the molecule is CC(C)CN1CCOC(=O)C1=O. The summed E-state index contributed by atoms with van der Waals surface area (Å²) in [6.07, 6.45) is 0. The van der Waals surface area contributed by atoms with Crippen molar-refractivity contribution in [3.63, 3.8) is 0 Å². The van der Waals surface area contributed by atoms with Crippen LogP contribution in [0.3, 0.4) is 0 Å². The molecule has 1 heterocycles. The molecule has 1 fully saturated rings. The Bertz CT molecular complexity index is 200. The van der Waals surface area contributed by atoms with E-state index in [1.54, 1.807) is 0 Å². The van der Waals surface area contributed by atoms with Gasteiger partial charge in [0.25, 0.3) is 0 Å². The van der Waals surface area contributed by atoms with Crippen LogP contribution in [0.25, 0.3) is 0 Å². The lowest BCUT2D eigenvalue weighted by atomic mass is 10.2. The highest BCUT2D eigenvalue weighted by Gasteiger charge is 2.27. The van der Waals surface area contributed by atoms with Gasteiger partial charge in [0, 0.05) is 6.54 Å². The lowest BCUT2D eigenvalue weighted by Gasteiger charge is -2.26.